The third kappa shape index (κ3) is 4.67. The van der Waals surface area contributed by atoms with Gasteiger partial charge >= 0.3 is 58.8 Å². The van der Waals surface area contributed by atoms with Gasteiger partial charge in [-0.15, -0.1) is 0 Å². The van der Waals surface area contributed by atoms with Crippen LogP contribution in [0.15, 0.2) is 0 Å². The van der Waals surface area contributed by atoms with Gasteiger partial charge in [-0.05, 0) is 0 Å². The van der Waals surface area contributed by atoms with Crippen LogP contribution >= 0.6 is 0 Å². The van der Waals surface area contributed by atoms with Crippen molar-refractivity contribution in [1.29, 1.82) is 0 Å². The molecule has 4 heteroatoms. The molecule has 0 amide bonds. The third-order valence-electron chi connectivity index (χ3n) is 0.521. The van der Waals surface area contributed by atoms with Crippen LogP contribution in [0.1, 0.15) is 0 Å². The molecule has 0 heterocycles. The summed E-state index contributed by atoms with van der Waals surface area (Å²) in [5.74, 6) is 0. The van der Waals surface area contributed by atoms with Crippen LogP contribution in [0.3, 0.4) is 0 Å². The van der Waals surface area contributed by atoms with Gasteiger partial charge in [-0.3, -0.25) is 0 Å². The molecule has 0 aliphatic carbocycles. The van der Waals surface area contributed by atoms with Crippen LogP contribution in [0.25, 0.3) is 0 Å². The summed E-state index contributed by atoms with van der Waals surface area (Å²) in [5, 5.41) is 16.7. The van der Waals surface area contributed by atoms with Gasteiger partial charge in [0.25, 0.3) is 0 Å². The van der Waals surface area contributed by atoms with Crippen LogP contribution in [0.2, 0.25) is 0 Å². The first-order valence-corrected chi connectivity index (χ1v) is 4.21. The minimum atomic E-state index is -0.669. The summed E-state index contributed by atoms with van der Waals surface area (Å²) in [6, 6.07) is 0. The maximum absolute atomic E-state index is 8.51. The average Bonchev–Trinajstić information content (AvgIpc) is 1.68. The van der Waals surface area contributed by atoms with E-state index in [1.54, 1.807) is 0 Å². The Bertz CT molecular complexity index is 41.2. The summed E-state index contributed by atoms with van der Waals surface area (Å²) in [4.78, 5) is 0. The van der Waals surface area contributed by atoms with Crippen LogP contribution in [-0.2, 0) is 29.2 Å². The molecule has 0 radical (unpaired) electrons. The molecule has 3 nitrogen and oxygen atoms in total. The van der Waals surface area contributed by atoms with Gasteiger partial charge < -0.3 is 0 Å². The molecule has 0 aromatic carbocycles. The molecule has 0 rings (SSSR count). The number of rotatable bonds is 3. The summed E-state index contributed by atoms with van der Waals surface area (Å²) in [7, 11) is 0. The fourth-order valence-electron chi connectivity index (χ4n) is 0.189. The predicted octanol–water partition coefficient (Wildman–Crippen LogP) is -1.18. The Kier molecular flexibility index (Phi) is 5.54. The Morgan fingerprint density at radius 1 is 1.71 bits per heavy atom. The molecule has 0 aliphatic heterocycles. The summed E-state index contributed by atoms with van der Waals surface area (Å²) in [6.07, 6.45) is -0.669. The summed E-state index contributed by atoms with van der Waals surface area (Å²) in [5.41, 5.74) is 0. The molecule has 0 aromatic heterocycles. The second-order valence-electron chi connectivity index (χ2n) is 1.21. The van der Waals surface area contributed by atoms with Gasteiger partial charge in [0, 0.05) is 0 Å². The van der Waals surface area contributed by atoms with Gasteiger partial charge in [0.15, 0.2) is 0 Å². The maximum atomic E-state index is 8.51. The fourth-order valence-corrected chi connectivity index (χ4v) is 1.25. The molecular formula is C3H7HgO3. The van der Waals surface area contributed by atoms with Gasteiger partial charge in [-0.1, -0.05) is 0 Å². The molecule has 0 saturated heterocycles. The van der Waals surface area contributed by atoms with E-state index in [0.717, 1.165) is 0 Å². The van der Waals surface area contributed by atoms with E-state index in [0.29, 0.717) is 6.61 Å². The van der Waals surface area contributed by atoms with Crippen molar-refractivity contribution in [3.63, 3.8) is 0 Å². The molecular weight excluding hydrogens is 285 g/mol. The SMILES string of the molecule is OCC(O)C[O][Hg]. The van der Waals surface area contributed by atoms with Crippen LogP contribution in [0.5, 0.6) is 0 Å². The molecule has 0 fully saturated rings. The first-order chi connectivity index (χ1) is 3.31. The van der Waals surface area contributed by atoms with Crippen molar-refractivity contribution in [2.24, 2.45) is 0 Å². The van der Waals surface area contributed by atoms with E-state index in [4.69, 9.17) is 10.2 Å². The summed E-state index contributed by atoms with van der Waals surface area (Å²) >= 11 is 0.280. The van der Waals surface area contributed by atoms with E-state index in [2.05, 4.69) is 2.64 Å². The van der Waals surface area contributed by atoms with Crippen LogP contribution in [0, 0.1) is 0 Å². The van der Waals surface area contributed by atoms with Crippen molar-refractivity contribution >= 4 is 0 Å². The van der Waals surface area contributed by atoms with Crippen molar-refractivity contribution in [3.8, 4) is 0 Å². The molecule has 1 unspecified atom stereocenters. The van der Waals surface area contributed by atoms with E-state index in [1.165, 1.54) is 0 Å². The topological polar surface area (TPSA) is 49.7 Å². The summed E-state index contributed by atoms with van der Waals surface area (Å²) in [6.45, 7) is 0.0941. The zero-order chi connectivity index (χ0) is 5.70. The van der Waals surface area contributed by atoms with Crippen LogP contribution in [0.4, 0.5) is 0 Å². The van der Waals surface area contributed by atoms with E-state index in [9.17, 15) is 0 Å². The molecule has 0 aliphatic rings. The average molecular weight is 292 g/mol. The quantitative estimate of drug-likeness (QED) is 0.644. The second kappa shape index (κ2) is 4.96. The Hall–Kier alpha value is 0.815. The molecule has 39 valence electrons. The molecule has 2 N–H and O–H groups in total. The molecule has 7 heavy (non-hydrogen) atoms. The van der Waals surface area contributed by atoms with Crippen molar-refractivity contribution in [2.75, 3.05) is 13.2 Å². The molecule has 0 spiro atoms. The van der Waals surface area contributed by atoms with E-state index in [-0.39, 0.29) is 33.2 Å². The third-order valence-corrected chi connectivity index (χ3v) is 1.44. The van der Waals surface area contributed by atoms with Gasteiger partial charge in [0.2, 0.25) is 0 Å². The van der Waals surface area contributed by atoms with E-state index >= 15 is 0 Å². The Morgan fingerprint density at radius 2 is 2.29 bits per heavy atom. The fraction of sp³-hybridized carbons (Fsp3) is 1.00. The monoisotopic (exact) mass is 293 g/mol. The molecule has 1 atom stereocenters. The van der Waals surface area contributed by atoms with Crippen molar-refractivity contribution in [3.05, 3.63) is 0 Å². The molecule has 0 aromatic rings. The van der Waals surface area contributed by atoms with E-state index < -0.39 is 6.10 Å². The van der Waals surface area contributed by atoms with Gasteiger partial charge in [-0.25, -0.2) is 0 Å². The Labute approximate surface area is 58.9 Å². The standard InChI is InChI=1S/C3H7O3.Hg/c4-1-3(6)2-5;/h3-4,6H,1-2H2;/q-1;+1. The zero-order valence-corrected chi connectivity index (χ0v) is 9.50. The van der Waals surface area contributed by atoms with Gasteiger partial charge in [0.1, 0.15) is 0 Å². The van der Waals surface area contributed by atoms with Crippen LogP contribution in [-0.4, -0.2) is 29.5 Å². The van der Waals surface area contributed by atoms with Gasteiger partial charge in [0.05, 0.1) is 0 Å². The number of hydrogen-bond donors (Lipinski definition) is 2. The number of hydrogen-bond acceptors (Lipinski definition) is 3. The van der Waals surface area contributed by atoms with Crippen LogP contribution < -0.4 is 0 Å². The van der Waals surface area contributed by atoms with Gasteiger partial charge in [-0.2, -0.15) is 0 Å². The first kappa shape index (κ1) is 7.82. The predicted molar refractivity (Wildman–Crippen MR) is 19.0 cm³/mol. The Balaban J connectivity index is 2.83. The molecule has 0 bridgehead atoms. The minimum absolute atomic E-state index is 0.197. The zero-order valence-electron chi connectivity index (χ0n) is 4.00. The van der Waals surface area contributed by atoms with Crippen molar-refractivity contribution in [1.82, 2.24) is 0 Å². The summed E-state index contributed by atoms with van der Waals surface area (Å²) < 4.78 is 4.68. The van der Waals surface area contributed by atoms with E-state index in [1.807, 2.05) is 0 Å². The first-order valence-electron chi connectivity index (χ1n) is 1.97. The number of aliphatic hydroxyl groups is 2. The van der Waals surface area contributed by atoms with Crippen molar-refractivity contribution < 1.29 is 39.4 Å². The normalized spacial score (nSPS) is 14.3. The van der Waals surface area contributed by atoms with Crippen molar-refractivity contribution in [2.45, 2.75) is 6.10 Å². The second-order valence-corrected chi connectivity index (χ2v) is 2.79. The molecule has 0 saturated carbocycles. The number of aliphatic hydroxyl groups excluding tert-OH is 2. The Morgan fingerprint density at radius 3 is 2.43 bits per heavy atom.